The summed E-state index contributed by atoms with van der Waals surface area (Å²) in [4.78, 5) is 37.8. The monoisotopic (exact) mass is 385 g/mol. The van der Waals surface area contributed by atoms with E-state index in [4.69, 9.17) is 4.52 Å². The molecule has 0 radical (unpaired) electrons. The van der Waals surface area contributed by atoms with Crippen LogP contribution >= 0.6 is 0 Å². The Kier molecular flexibility index (Phi) is 5.69. The summed E-state index contributed by atoms with van der Waals surface area (Å²) in [5.41, 5.74) is 0.519. The molecule has 2 heterocycles. The van der Waals surface area contributed by atoms with Crippen molar-refractivity contribution in [2.45, 2.75) is 6.54 Å². The molecule has 2 aromatic heterocycles. The van der Waals surface area contributed by atoms with E-state index in [1.54, 1.807) is 12.1 Å². The first-order valence-electron chi connectivity index (χ1n) is 8.14. The lowest BCUT2D eigenvalue weighted by molar-refractivity contribution is -0.385. The Labute approximate surface area is 157 Å². The summed E-state index contributed by atoms with van der Waals surface area (Å²) in [5, 5.41) is 23.1. The normalized spacial score (nSPS) is 10.4. The number of hydrogen-bond acceptors (Lipinski definition) is 8. The first-order chi connectivity index (χ1) is 13.5. The summed E-state index contributed by atoms with van der Waals surface area (Å²) in [7, 11) is 0. The van der Waals surface area contributed by atoms with Crippen LogP contribution in [0.3, 0.4) is 0 Å². The van der Waals surface area contributed by atoms with Crippen molar-refractivity contribution >= 4 is 17.5 Å². The van der Waals surface area contributed by atoms with Gasteiger partial charge >= 0.3 is 17.5 Å². The first-order valence-corrected chi connectivity index (χ1v) is 8.14. The van der Waals surface area contributed by atoms with Gasteiger partial charge in [-0.1, -0.05) is 35.5 Å². The number of nitrogens with one attached hydrogen (secondary N) is 2. The summed E-state index contributed by atoms with van der Waals surface area (Å²) < 4.78 is 6.08. The molecule has 0 unspecified atom stereocenters. The highest BCUT2D eigenvalue weighted by Crippen LogP contribution is 2.14. The van der Waals surface area contributed by atoms with Gasteiger partial charge in [-0.2, -0.15) is 10.1 Å². The molecule has 0 saturated carbocycles. The molecule has 2 N–H and O–H groups in total. The smallest absolute Gasteiger partial charge is 0.316 e. The van der Waals surface area contributed by atoms with Gasteiger partial charge in [0.1, 0.15) is 18.9 Å². The molecule has 2 amide bonds. The van der Waals surface area contributed by atoms with Crippen molar-refractivity contribution in [2.75, 3.05) is 13.1 Å². The van der Waals surface area contributed by atoms with Crippen LogP contribution in [0.4, 0.5) is 5.69 Å². The van der Waals surface area contributed by atoms with Crippen LogP contribution in [-0.2, 0) is 11.3 Å². The molecule has 0 aliphatic carbocycles. The minimum atomic E-state index is -0.600. The van der Waals surface area contributed by atoms with Gasteiger partial charge < -0.3 is 15.2 Å². The molecule has 28 heavy (non-hydrogen) atoms. The highest BCUT2D eigenvalue weighted by Gasteiger charge is 2.16. The fourth-order valence-electron chi connectivity index (χ4n) is 2.21. The van der Waals surface area contributed by atoms with E-state index >= 15 is 0 Å². The first kappa shape index (κ1) is 18.7. The Morgan fingerprint density at radius 3 is 2.64 bits per heavy atom. The maximum Gasteiger partial charge on any atom is 0.316 e. The maximum absolute atomic E-state index is 12.0. The molecule has 3 aromatic rings. The molecule has 0 saturated heterocycles. The van der Waals surface area contributed by atoms with Crippen molar-refractivity contribution in [3.8, 4) is 11.4 Å². The fourth-order valence-corrected chi connectivity index (χ4v) is 2.21. The molecule has 144 valence electrons. The Morgan fingerprint density at radius 2 is 1.93 bits per heavy atom. The summed E-state index contributed by atoms with van der Waals surface area (Å²) in [6.45, 7) is 0.104. The highest BCUT2D eigenvalue weighted by molar-refractivity contribution is 5.89. The van der Waals surface area contributed by atoms with Crippen LogP contribution in [0.5, 0.6) is 0 Å². The predicted octanol–water partition coefficient (Wildman–Crippen LogP) is 0.387. The van der Waals surface area contributed by atoms with Crippen LogP contribution in [0.25, 0.3) is 11.4 Å². The number of hydrogen-bond donors (Lipinski definition) is 2. The molecule has 0 spiro atoms. The number of carbonyl (C=O) groups excluding carboxylic acids is 2. The largest absolute Gasteiger partial charge is 0.353 e. The number of nitrogens with zero attached hydrogens (tertiary/aromatic N) is 5. The third kappa shape index (κ3) is 4.75. The number of benzene rings is 1. The van der Waals surface area contributed by atoms with E-state index in [1.807, 2.05) is 18.2 Å². The number of aromatic nitrogens is 4. The molecule has 0 aliphatic heterocycles. The molecule has 0 bridgehead atoms. The average molecular weight is 385 g/mol. The second-order valence-corrected chi connectivity index (χ2v) is 5.55. The quantitative estimate of drug-likeness (QED) is 0.320. The molecule has 1 aromatic carbocycles. The van der Waals surface area contributed by atoms with E-state index in [9.17, 15) is 19.7 Å². The summed E-state index contributed by atoms with van der Waals surface area (Å²) in [5.74, 6) is -0.857. The number of rotatable bonds is 8. The van der Waals surface area contributed by atoms with Gasteiger partial charge in [0, 0.05) is 18.7 Å². The van der Waals surface area contributed by atoms with E-state index in [0.29, 0.717) is 5.82 Å². The van der Waals surface area contributed by atoms with Crippen molar-refractivity contribution in [3.05, 3.63) is 58.7 Å². The average Bonchev–Trinajstić information content (AvgIpc) is 3.36. The Morgan fingerprint density at radius 1 is 1.18 bits per heavy atom. The Bertz CT molecular complexity index is 982. The van der Waals surface area contributed by atoms with Crippen molar-refractivity contribution in [2.24, 2.45) is 0 Å². The lowest BCUT2D eigenvalue weighted by Gasteiger charge is -2.05. The molecule has 3 rings (SSSR count). The van der Waals surface area contributed by atoms with E-state index in [2.05, 4.69) is 25.9 Å². The van der Waals surface area contributed by atoms with Crippen LogP contribution in [0.2, 0.25) is 0 Å². The van der Waals surface area contributed by atoms with Crippen LogP contribution in [0, 0.1) is 10.1 Å². The van der Waals surface area contributed by atoms with Crippen molar-refractivity contribution in [1.82, 2.24) is 30.6 Å². The lowest BCUT2D eigenvalue weighted by Crippen LogP contribution is -2.36. The van der Waals surface area contributed by atoms with Gasteiger partial charge in [-0.05, 0) is 0 Å². The maximum atomic E-state index is 12.0. The third-order valence-electron chi connectivity index (χ3n) is 3.52. The fraction of sp³-hybridized carbons (Fsp3) is 0.188. The van der Waals surface area contributed by atoms with Crippen LogP contribution < -0.4 is 10.6 Å². The molecular weight excluding hydrogens is 370 g/mol. The second-order valence-electron chi connectivity index (χ2n) is 5.55. The van der Waals surface area contributed by atoms with E-state index in [-0.39, 0.29) is 31.2 Å². The SMILES string of the molecule is O=C(Cn1cc([N+](=O)[O-])cn1)NCCNC(=O)c1nc(-c2ccccc2)no1. The van der Waals surface area contributed by atoms with Crippen LogP contribution in [0.1, 0.15) is 10.7 Å². The molecular formula is C16H15N7O5. The number of nitro groups is 1. The van der Waals surface area contributed by atoms with Gasteiger partial charge in [-0.3, -0.25) is 24.4 Å². The van der Waals surface area contributed by atoms with Crippen LogP contribution in [-0.4, -0.2) is 49.7 Å². The third-order valence-corrected chi connectivity index (χ3v) is 3.52. The standard InChI is InChI=1S/C16H15N7O5/c24-13(10-22-9-12(8-19-22)23(26)27)17-6-7-18-15(25)16-20-14(21-28-16)11-4-2-1-3-5-11/h1-5,8-9H,6-7,10H2,(H,17,24)(H,18,25). The summed E-state index contributed by atoms with van der Waals surface area (Å²) in [6.07, 6.45) is 2.21. The zero-order chi connectivity index (χ0) is 19.9. The Hall–Kier alpha value is -4.09. The number of amides is 2. The summed E-state index contributed by atoms with van der Waals surface area (Å²) in [6, 6.07) is 9.05. The van der Waals surface area contributed by atoms with Crippen molar-refractivity contribution in [1.29, 1.82) is 0 Å². The van der Waals surface area contributed by atoms with E-state index in [0.717, 1.165) is 22.6 Å². The van der Waals surface area contributed by atoms with E-state index < -0.39 is 16.7 Å². The Balaban J connectivity index is 1.41. The molecule has 12 heteroatoms. The lowest BCUT2D eigenvalue weighted by atomic mass is 10.2. The van der Waals surface area contributed by atoms with Gasteiger partial charge in [-0.15, -0.1) is 0 Å². The number of carbonyl (C=O) groups is 2. The van der Waals surface area contributed by atoms with Gasteiger partial charge in [-0.25, -0.2) is 0 Å². The minimum absolute atomic E-state index is 0.132. The van der Waals surface area contributed by atoms with Gasteiger partial charge in [0.25, 0.3) is 0 Å². The van der Waals surface area contributed by atoms with Gasteiger partial charge in [0.15, 0.2) is 0 Å². The topological polar surface area (TPSA) is 158 Å². The molecule has 0 atom stereocenters. The highest BCUT2D eigenvalue weighted by atomic mass is 16.6. The van der Waals surface area contributed by atoms with Gasteiger partial charge in [0.05, 0.1) is 4.92 Å². The molecule has 0 aliphatic rings. The van der Waals surface area contributed by atoms with Crippen LogP contribution in [0.15, 0.2) is 47.2 Å². The molecule has 0 fully saturated rings. The van der Waals surface area contributed by atoms with E-state index in [1.165, 1.54) is 0 Å². The van der Waals surface area contributed by atoms with Crippen molar-refractivity contribution < 1.29 is 19.0 Å². The second kappa shape index (κ2) is 8.53. The summed E-state index contributed by atoms with van der Waals surface area (Å²) >= 11 is 0. The predicted molar refractivity (Wildman–Crippen MR) is 94.0 cm³/mol. The van der Waals surface area contributed by atoms with Gasteiger partial charge in [0.2, 0.25) is 11.7 Å². The molecule has 12 nitrogen and oxygen atoms in total. The zero-order valence-corrected chi connectivity index (χ0v) is 14.4. The minimum Gasteiger partial charge on any atom is -0.353 e. The van der Waals surface area contributed by atoms with Crippen molar-refractivity contribution in [3.63, 3.8) is 0 Å². The zero-order valence-electron chi connectivity index (χ0n) is 14.4.